The fourth-order valence-electron chi connectivity index (χ4n) is 15.5. The number of carboxylic acid groups (broad SMARTS) is 2. The first-order valence-electron chi connectivity index (χ1n) is 24.4. The van der Waals surface area contributed by atoms with Crippen LogP contribution in [-0.2, 0) is 47.5 Å². The highest BCUT2D eigenvalue weighted by Crippen LogP contribution is 2.76. The molecule has 5 aliphatic carbocycles. The summed E-state index contributed by atoms with van der Waals surface area (Å²) in [4.78, 5) is 37.9. The molecule has 0 spiro atoms. The van der Waals surface area contributed by atoms with E-state index < -0.39 is 121 Å². The van der Waals surface area contributed by atoms with Gasteiger partial charge in [0, 0.05) is 17.3 Å². The van der Waals surface area contributed by atoms with Gasteiger partial charge in [-0.05, 0) is 99.2 Å². The summed E-state index contributed by atoms with van der Waals surface area (Å²) in [6.45, 7) is 14.4. The molecule has 9 aliphatic rings. The number of fused-ring (bicyclic) bond motifs is 10. The molecule has 20 heteroatoms. The van der Waals surface area contributed by atoms with Gasteiger partial charge in [-0.15, -0.1) is 0 Å². The lowest BCUT2D eigenvalue weighted by Crippen LogP contribution is -2.68. The Hall–Kier alpha value is -2.41. The number of rotatable bonds is 9. The first-order chi connectivity index (χ1) is 31.7. The minimum absolute atomic E-state index is 0.0915. The van der Waals surface area contributed by atoms with Crippen LogP contribution in [0.3, 0.4) is 0 Å². The van der Waals surface area contributed by atoms with Crippen LogP contribution in [0.15, 0.2) is 11.6 Å². The number of aliphatic carboxylic acids is 2. The van der Waals surface area contributed by atoms with Crippen LogP contribution < -0.4 is 0 Å². The maximum absolute atomic E-state index is 13.2. The van der Waals surface area contributed by atoms with E-state index in [-0.39, 0.29) is 58.1 Å². The number of hydrogen-bond acceptors (Lipinski definition) is 18. The maximum atomic E-state index is 13.2. The van der Waals surface area contributed by atoms with E-state index in [0.717, 1.165) is 38.5 Å². The van der Waals surface area contributed by atoms with Crippen LogP contribution in [0, 0.1) is 50.2 Å². The number of aliphatic hydroxyl groups is 8. The van der Waals surface area contributed by atoms with Crippen molar-refractivity contribution in [1.82, 2.24) is 0 Å². The molecule has 4 aliphatic heterocycles. The molecule has 0 amide bonds. The topological polar surface area (TPSA) is 318 Å². The van der Waals surface area contributed by atoms with E-state index in [1.807, 2.05) is 13.8 Å². The number of carbonyl (C=O) groups is 3. The second-order valence-electron chi connectivity index (χ2n) is 23.4. The van der Waals surface area contributed by atoms with Crippen LogP contribution in [0.4, 0.5) is 0 Å². The summed E-state index contributed by atoms with van der Waals surface area (Å²) in [5, 5.41) is 108. The first-order valence-corrected chi connectivity index (χ1v) is 24.4. The predicted molar refractivity (Wildman–Crippen MR) is 229 cm³/mol. The van der Waals surface area contributed by atoms with Gasteiger partial charge in [0.1, 0.15) is 61.0 Å². The zero-order chi connectivity index (χ0) is 49.6. The van der Waals surface area contributed by atoms with Crippen molar-refractivity contribution in [2.75, 3.05) is 6.61 Å². The average molecular weight is 969 g/mol. The normalized spacial score (nSPS) is 56.5. The molecule has 4 heterocycles. The van der Waals surface area contributed by atoms with Crippen LogP contribution in [0.2, 0.25) is 0 Å². The van der Waals surface area contributed by atoms with E-state index in [2.05, 4.69) is 33.8 Å². The van der Waals surface area contributed by atoms with Crippen molar-refractivity contribution >= 4 is 17.9 Å². The molecule has 4 saturated carbocycles. The van der Waals surface area contributed by atoms with Crippen LogP contribution in [0.5, 0.6) is 0 Å². The zero-order valence-electron chi connectivity index (χ0n) is 39.8. The van der Waals surface area contributed by atoms with Crippen molar-refractivity contribution in [2.24, 2.45) is 50.2 Å². The van der Waals surface area contributed by atoms with E-state index in [1.54, 1.807) is 0 Å². The molecule has 68 heavy (non-hydrogen) atoms. The Morgan fingerprint density at radius 1 is 0.662 bits per heavy atom. The summed E-state index contributed by atoms with van der Waals surface area (Å²) in [5.74, 6) is -3.22. The number of carbonyl (C=O) groups excluding carboxylic acids is 1. The number of carboxylic acids is 2. The van der Waals surface area contributed by atoms with E-state index in [1.165, 1.54) is 12.5 Å². The Kier molecular flexibility index (Phi) is 12.7. The van der Waals surface area contributed by atoms with Crippen molar-refractivity contribution in [1.29, 1.82) is 0 Å². The van der Waals surface area contributed by atoms with Crippen LogP contribution >= 0.6 is 0 Å². The Balaban J connectivity index is 1.000. The van der Waals surface area contributed by atoms with E-state index in [4.69, 9.17) is 33.2 Å². The highest BCUT2D eigenvalue weighted by atomic mass is 16.8. The third kappa shape index (κ3) is 7.23. The average Bonchev–Trinajstić information content (AvgIpc) is 3.55. The van der Waals surface area contributed by atoms with Crippen molar-refractivity contribution in [3.05, 3.63) is 11.6 Å². The number of ether oxygens (including phenoxy) is 7. The minimum atomic E-state index is -2.16. The van der Waals surface area contributed by atoms with E-state index in [9.17, 15) is 65.4 Å². The minimum Gasteiger partial charge on any atom is -0.479 e. The molecule has 0 aromatic carbocycles. The molecule has 384 valence electrons. The van der Waals surface area contributed by atoms with E-state index in [0.29, 0.717) is 19.3 Å². The van der Waals surface area contributed by atoms with Crippen molar-refractivity contribution < 1.29 is 98.6 Å². The third-order valence-corrected chi connectivity index (χ3v) is 20.0. The number of esters is 1. The Bertz CT molecular complexity index is 2020. The summed E-state index contributed by atoms with van der Waals surface area (Å²) < 4.78 is 41.7. The summed E-state index contributed by atoms with van der Waals surface area (Å²) in [5.41, 5.74) is -0.840. The summed E-state index contributed by atoms with van der Waals surface area (Å²) in [7, 11) is 0. The monoisotopic (exact) mass is 968 g/mol. The van der Waals surface area contributed by atoms with Gasteiger partial charge in [0.25, 0.3) is 0 Å². The first kappa shape index (κ1) is 50.5. The SMILES string of the molecule is C[C@@H]1O[C@@H](O[C@H]2[C@H](O[C@H]3[C@H](O[C@H]4CC[C@@]5(C)C(CC[C@]6(C)[C@@H]5CC=C5[C@@H]7C[C@]8(C)C[C@@H](OC8=O)[C@]7(C)CC[C@]56C)[C@@]4(C)CO)O[C@H](C(=O)O)[C@@H](O)[C@@H]3O)O[C@H](C(=O)O)[C@@H](O)[C@@H]2O)[C@H](O)[C@H](O)[C@H]1O. The molecule has 26 atom stereocenters. The van der Waals surface area contributed by atoms with Gasteiger partial charge < -0.3 is 84.2 Å². The molecule has 20 nitrogen and oxygen atoms in total. The highest BCUT2D eigenvalue weighted by molar-refractivity contribution is 5.79. The fourth-order valence-corrected chi connectivity index (χ4v) is 15.5. The quantitative estimate of drug-likeness (QED) is 0.0846. The van der Waals surface area contributed by atoms with Gasteiger partial charge in [-0.25, -0.2) is 9.59 Å². The van der Waals surface area contributed by atoms with Gasteiger partial charge in [0.05, 0.1) is 24.2 Å². The summed E-state index contributed by atoms with van der Waals surface area (Å²) >= 11 is 0. The third-order valence-electron chi connectivity index (χ3n) is 20.0. The van der Waals surface area contributed by atoms with Crippen molar-refractivity contribution in [3.8, 4) is 0 Å². The second-order valence-corrected chi connectivity index (χ2v) is 23.4. The molecule has 10 N–H and O–H groups in total. The summed E-state index contributed by atoms with van der Waals surface area (Å²) in [6, 6.07) is 0. The fraction of sp³-hybridized carbons (Fsp3) is 0.896. The maximum Gasteiger partial charge on any atom is 0.335 e. The standard InChI is InChI=1S/C48H72O20/c1-19-26(50)27(51)32(56)39(62-19)67-36-31(55)29(53)34(38(59)60)66-41(36)68-35-30(54)28(52)33(37(57)58)65-40(35)63-24-11-12-45(4)22(46(24,5)18-49)10-13-48(7)23(45)9-8-20-21-16-43(2)17-25(64-42(43)61)44(21,3)14-15-47(20,48)6/h8,19,21-36,39-41,49-56H,9-18H2,1-7H3,(H,57,58)(H,59,60)/t19-,21-,22?,23+,24-,25+,26-,27+,28-,29-,30-,31-,32+,33-,34-,35+,36+,39-,40+,41-,43+,44+,45-,46+,47+,48+/m0/s1. The zero-order valence-corrected chi connectivity index (χ0v) is 39.8. The number of aliphatic hydroxyl groups excluding tert-OH is 8. The molecule has 8 fully saturated rings. The van der Waals surface area contributed by atoms with Gasteiger partial charge >= 0.3 is 17.9 Å². The molecule has 0 aromatic rings. The van der Waals surface area contributed by atoms with Crippen LogP contribution in [0.25, 0.3) is 0 Å². The lowest BCUT2D eigenvalue weighted by atomic mass is 9.33. The molecule has 9 rings (SSSR count). The van der Waals surface area contributed by atoms with Gasteiger partial charge in [-0.2, -0.15) is 0 Å². The van der Waals surface area contributed by atoms with Crippen molar-refractivity contribution in [2.45, 2.75) is 211 Å². The second kappa shape index (κ2) is 17.1. The summed E-state index contributed by atoms with van der Waals surface area (Å²) in [6.07, 6.45) is -20.6. The largest absolute Gasteiger partial charge is 0.479 e. The van der Waals surface area contributed by atoms with Crippen molar-refractivity contribution in [3.63, 3.8) is 0 Å². The van der Waals surface area contributed by atoms with Crippen LogP contribution in [-0.4, -0.2) is 180 Å². The highest BCUT2D eigenvalue weighted by Gasteiger charge is 2.72. The molecule has 0 aromatic heterocycles. The lowest BCUT2D eigenvalue weighted by molar-refractivity contribution is -0.393. The Morgan fingerprint density at radius 3 is 1.84 bits per heavy atom. The predicted octanol–water partition coefficient (Wildman–Crippen LogP) is 0.342. The molecular weight excluding hydrogens is 897 g/mol. The molecule has 4 saturated heterocycles. The number of allylic oxidation sites excluding steroid dienone is 2. The smallest absolute Gasteiger partial charge is 0.335 e. The van der Waals surface area contributed by atoms with Gasteiger partial charge in [-0.1, -0.05) is 46.3 Å². The van der Waals surface area contributed by atoms with Gasteiger partial charge in [0.15, 0.2) is 31.1 Å². The van der Waals surface area contributed by atoms with Gasteiger partial charge in [-0.3, -0.25) is 4.79 Å². The Morgan fingerprint density at radius 2 is 1.25 bits per heavy atom. The number of hydrogen-bond donors (Lipinski definition) is 10. The molecule has 0 radical (unpaired) electrons. The van der Waals surface area contributed by atoms with Gasteiger partial charge in [0.2, 0.25) is 0 Å². The molecule has 1 unspecified atom stereocenters. The molecular formula is C48H72O20. The van der Waals surface area contributed by atoms with E-state index >= 15 is 0 Å². The Labute approximate surface area is 394 Å². The lowest BCUT2D eigenvalue weighted by Gasteiger charge is -2.71. The van der Waals surface area contributed by atoms with Crippen LogP contribution in [0.1, 0.15) is 106 Å². The molecule has 2 bridgehead atoms.